The molecule has 1 atom stereocenters. The number of carbonyl (C=O) groups is 2. The van der Waals surface area contributed by atoms with E-state index in [0.717, 1.165) is 0 Å². The maximum atomic E-state index is 12.0. The monoisotopic (exact) mass is 350 g/mol. The highest BCUT2D eigenvalue weighted by Gasteiger charge is 2.49. The van der Waals surface area contributed by atoms with E-state index >= 15 is 0 Å². The molecule has 0 aliphatic carbocycles. The third kappa shape index (κ3) is 3.57. The Morgan fingerprint density at radius 2 is 2.04 bits per heavy atom. The van der Waals surface area contributed by atoms with E-state index in [-0.39, 0.29) is 32.0 Å². The number of anilines is 1. The number of fused-ring (bicyclic) bond motifs is 1. The van der Waals surface area contributed by atoms with Crippen molar-refractivity contribution in [3.8, 4) is 11.5 Å². The smallest absolute Gasteiger partial charge is 0.411 e. The molecule has 1 aromatic rings. The van der Waals surface area contributed by atoms with Crippen LogP contribution in [0.15, 0.2) is 18.2 Å². The molecule has 1 spiro atoms. The van der Waals surface area contributed by atoms with Gasteiger partial charge in [0.1, 0.15) is 13.2 Å². The molecule has 2 aliphatic heterocycles. The molecule has 2 heterocycles. The second-order valence-electron chi connectivity index (χ2n) is 6.36. The van der Waals surface area contributed by atoms with Crippen molar-refractivity contribution in [2.45, 2.75) is 32.4 Å². The third-order valence-corrected chi connectivity index (χ3v) is 4.07. The zero-order chi connectivity index (χ0) is 18.0. The van der Waals surface area contributed by atoms with Gasteiger partial charge in [0.15, 0.2) is 17.1 Å². The predicted octanol–water partition coefficient (Wildman–Crippen LogP) is 2.63. The molecular weight excluding hydrogens is 328 g/mol. The van der Waals surface area contributed by atoms with E-state index in [2.05, 4.69) is 5.32 Å². The summed E-state index contributed by atoms with van der Waals surface area (Å²) in [4.78, 5) is 25.2. The van der Waals surface area contributed by atoms with Crippen molar-refractivity contribution in [3.63, 3.8) is 0 Å². The van der Waals surface area contributed by atoms with Gasteiger partial charge in [0.05, 0.1) is 13.2 Å². The number of hydrogen-bond donors (Lipinski definition) is 1. The van der Waals surface area contributed by atoms with Crippen molar-refractivity contribution in [1.29, 1.82) is 0 Å². The van der Waals surface area contributed by atoms with Gasteiger partial charge in [0.2, 0.25) is 0 Å². The van der Waals surface area contributed by atoms with Crippen LogP contribution in [0.1, 0.15) is 20.8 Å². The third-order valence-electron chi connectivity index (χ3n) is 4.07. The van der Waals surface area contributed by atoms with Crippen molar-refractivity contribution < 1.29 is 28.5 Å². The summed E-state index contributed by atoms with van der Waals surface area (Å²) in [6, 6.07) is 5.09. The van der Waals surface area contributed by atoms with Gasteiger partial charge in [0.25, 0.3) is 0 Å². The van der Waals surface area contributed by atoms with Gasteiger partial charge in [-0.15, -0.1) is 0 Å². The summed E-state index contributed by atoms with van der Waals surface area (Å²) in [6.45, 7) is 6.68. The molecule has 25 heavy (non-hydrogen) atoms. The lowest BCUT2D eigenvalue weighted by Crippen LogP contribution is -2.45. The topological polar surface area (TPSA) is 86.3 Å². The minimum atomic E-state index is -0.838. The number of ether oxygens (including phenoxy) is 4. The average Bonchev–Trinajstić information content (AvgIpc) is 2.79. The molecule has 8 heteroatoms. The zero-order valence-corrected chi connectivity index (χ0v) is 14.5. The van der Waals surface area contributed by atoms with Crippen LogP contribution in [0.5, 0.6) is 11.5 Å². The summed E-state index contributed by atoms with van der Waals surface area (Å²) in [5, 5.41) is 2.61. The van der Waals surface area contributed by atoms with Gasteiger partial charge in [-0.25, -0.2) is 9.59 Å². The van der Waals surface area contributed by atoms with Crippen LogP contribution >= 0.6 is 0 Å². The van der Waals surface area contributed by atoms with Gasteiger partial charge in [0, 0.05) is 17.8 Å². The molecule has 0 radical (unpaired) electrons. The van der Waals surface area contributed by atoms with Crippen molar-refractivity contribution in [1.82, 2.24) is 4.90 Å². The fourth-order valence-electron chi connectivity index (χ4n) is 2.76. The highest BCUT2D eigenvalue weighted by molar-refractivity contribution is 5.85. The van der Waals surface area contributed by atoms with Crippen LogP contribution in [0.25, 0.3) is 0 Å². The number of amides is 2. The Kier molecular flexibility index (Phi) is 4.61. The molecule has 1 unspecified atom stereocenters. The van der Waals surface area contributed by atoms with Gasteiger partial charge in [-0.3, -0.25) is 5.32 Å². The highest BCUT2D eigenvalue weighted by atomic mass is 16.6. The van der Waals surface area contributed by atoms with Crippen LogP contribution in [0.3, 0.4) is 0 Å². The molecule has 0 bridgehead atoms. The predicted molar refractivity (Wildman–Crippen MR) is 89.1 cm³/mol. The summed E-state index contributed by atoms with van der Waals surface area (Å²) >= 11 is 0. The first-order chi connectivity index (χ1) is 11.9. The Balaban J connectivity index is 1.72. The lowest BCUT2D eigenvalue weighted by Gasteiger charge is -2.24. The number of benzene rings is 1. The lowest BCUT2D eigenvalue weighted by atomic mass is 10.1. The number of rotatable bonds is 3. The van der Waals surface area contributed by atoms with E-state index in [9.17, 15) is 9.59 Å². The second-order valence-corrected chi connectivity index (χ2v) is 6.36. The van der Waals surface area contributed by atoms with Crippen LogP contribution < -0.4 is 14.8 Å². The number of nitrogens with one attached hydrogen (secondary N) is 1. The number of nitrogens with zero attached hydrogens (tertiary/aromatic N) is 1. The largest absolute Gasteiger partial charge is 0.485 e. The molecule has 0 saturated carbocycles. The number of carbonyl (C=O) groups excluding carboxylic acids is 2. The van der Waals surface area contributed by atoms with Gasteiger partial charge >= 0.3 is 12.2 Å². The Bertz CT molecular complexity index is 677. The molecule has 1 fully saturated rings. The van der Waals surface area contributed by atoms with E-state index < -0.39 is 11.7 Å². The molecule has 136 valence electrons. The summed E-state index contributed by atoms with van der Waals surface area (Å²) < 4.78 is 22.0. The van der Waals surface area contributed by atoms with Crippen molar-refractivity contribution in [2.75, 3.05) is 31.7 Å². The van der Waals surface area contributed by atoms with Crippen molar-refractivity contribution in [2.24, 2.45) is 0 Å². The van der Waals surface area contributed by atoms with Crippen LogP contribution in [0.2, 0.25) is 0 Å². The Morgan fingerprint density at radius 1 is 1.32 bits per heavy atom. The van der Waals surface area contributed by atoms with Crippen LogP contribution in [0.4, 0.5) is 15.3 Å². The van der Waals surface area contributed by atoms with Gasteiger partial charge < -0.3 is 23.8 Å². The number of hydrogen-bond acceptors (Lipinski definition) is 6. The first-order valence-electron chi connectivity index (χ1n) is 8.25. The van der Waals surface area contributed by atoms with Crippen molar-refractivity contribution >= 4 is 17.9 Å². The first-order valence-corrected chi connectivity index (χ1v) is 8.25. The van der Waals surface area contributed by atoms with E-state index in [1.54, 1.807) is 30.0 Å². The zero-order valence-electron chi connectivity index (χ0n) is 14.5. The molecule has 2 aliphatic rings. The van der Waals surface area contributed by atoms with Gasteiger partial charge in [-0.2, -0.15) is 0 Å². The normalized spacial score (nSPS) is 21.9. The van der Waals surface area contributed by atoms with E-state index in [4.69, 9.17) is 18.9 Å². The summed E-state index contributed by atoms with van der Waals surface area (Å²) in [5.41, 5.74) is -0.307. The first kappa shape index (κ1) is 17.2. The summed E-state index contributed by atoms with van der Waals surface area (Å²) in [7, 11) is 0. The minimum absolute atomic E-state index is 0.0397. The van der Waals surface area contributed by atoms with E-state index in [1.807, 2.05) is 13.8 Å². The molecule has 0 aromatic heterocycles. The highest BCUT2D eigenvalue weighted by Crippen LogP contribution is 2.36. The molecule has 1 N–H and O–H groups in total. The van der Waals surface area contributed by atoms with Gasteiger partial charge in [-0.1, -0.05) is 0 Å². The Morgan fingerprint density at radius 3 is 2.68 bits per heavy atom. The summed E-state index contributed by atoms with van der Waals surface area (Å²) in [6.07, 6.45) is -0.899. The molecule has 1 saturated heterocycles. The standard InChI is InChI=1S/C17H22N2O6/c1-4-22-15(20)18-12-5-6-13-14(7-12)24-10-17(9-23-13)8-19(11(2)3)16(21)25-17/h5-7,11H,4,8-10H2,1-3H3,(H,18,20). The maximum absolute atomic E-state index is 12.0. The SMILES string of the molecule is CCOC(=O)Nc1ccc2c(c1)OCC1(CO2)CN(C(C)C)C(=O)O1. The van der Waals surface area contributed by atoms with Crippen molar-refractivity contribution in [3.05, 3.63) is 18.2 Å². The summed E-state index contributed by atoms with van der Waals surface area (Å²) in [5.74, 6) is 1.01. The maximum Gasteiger partial charge on any atom is 0.411 e. The second kappa shape index (κ2) is 6.70. The fraction of sp³-hybridized carbons (Fsp3) is 0.529. The molecule has 2 amide bonds. The molecule has 3 rings (SSSR count). The van der Waals surface area contributed by atoms with E-state index in [1.165, 1.54) is 0 Å². The van der Waals surface area contributed by atoms with Crippen LogP contribution in [0, 0.1) is 0 Å². The average molecular weight is 350 g/mol. The Hall–Kier alpha value is -2.64. The van der Waals surface area contributed by atoms with E-state index in [0.29, 0.717) is 23.7 Å². The molecule has 1 aromatic carbocycles. The molecular formula is C17H22N2O6. The fourth-order valence-corrected chi connectivity index (χ4v) is 2.76. The quantitative estimate of drug-likeness (QED) is 0.902. The lowest BCUT2D eigenvalue weighted by molar-refractivity contribution is -0.00558. The molecule has 8 nitrogen and oxygen atoms in total. The Labute approximate surface area is 146 Å². The van der Waals surface area contributed by atoms with Crippen LogP contribution in [-0.4, -0.2) is 55.1 Å². The van der Waals surface area contributed by atoms with Crippen LogP contribution in [-0.2, 0) is 9.47 Å². The van der Waals surface area contributed by atoms with Gasteiger partial charge in [-0.05, 0) is 32.9 Å². The minimum Gasteiger partial charge on any atom is -0.485 e.